The quantitative estimate of drug-likeness (QED) is 0.920. The first-order valence-electron chi connectivity index (χ1n) is 8.36. The molecule has 0 aromatic heterocycles. The maximum atomic E-state index is 13.0. The normalized spacial score (nSPS) is 17.2. The predicted molar refractivity (Wildman–Crippen MR) is 101 cm³/mol. The van der Waals surface area contributed by atoms with Crippen LogP contribution in [0.25, 0.3) is 0 Å². The smallest absolute Gasteiger partial charge is 0.254 e. The van der Waals surface area contributed by atoms with Gasteiger partial charge in [0.25, 0.3) is 5.91 Å². The third-order valence-electron chi connectivity index (χ3n) is 4.60. The molecule has 0 bridgehead atoms. The summed E-state index contributed by atoms with van der Waals surface area (Å²) in [6, 6.07) is 18.7. The Labute approximate surface area is 150 Å². The molecular formula is C20H25ClN2O. The van der Waals surface area contributed by atoms with Gasteiger partial charge in [0.2, 0.25) is 0 Å². The number of hydrogen-bond donors (Lipinski definition) is 1. The van der Waals surface area contributed by atoms with Crippen molar-refractivity contribution in [1.29, 1.82) is 0 Å². The molecule has 24 heavy (non-hydrogen) atoms. The van der Waals surface area contributed by atoms with Gasteiger partial charge in [-0.1, -0.05) is 48.5 Å². The minimum Gasteiger partial charge on any atom is -0.337 e. The van der Waals surface area contributed by atoms with Crippen LogP contribution in [0.2, 0.25) is 0 Å². The third-order valence-corrected chi connectivity index (χ3v) is 4.60. The number of nitrogens with zero attached hydrogens (tertiary/aromatic N) is 1. The molecular weight excluding hydrogens is 320 g/mol. The fourth-order valence-electron chi connectivity index (χ4n) is 3.27. The summed E-state index contributed by atoms with van der Waals surface area (Å²) in [6.07, 6.45) is 3.01. The Morgan fingerprint density at radius 2 is 1.83 bits per heavy atom. The van der Waals surface area contributed by atoms with Crippen LogP contribution >= 0.6 is 12.4 Å². The molecule has 1 aliphatic rings. The molecule has 2 aromatic rings. The second-order valence-corrected chi connectivity index (χ2v) is 6.20. The highest BCUT2D eigenvalue weighted by molar-refractivity contribution is 5.96. The molecule has 1 atom stereocenters. The molecule has 1 unspecified atom stereocenters. The molecule has 0 radical (unpaired) electrons. The zero-order valence-electron chi connectivity index (χ0n) is 14.1. The van der Waals surface area contributed by atoms with Gasteiger partial charge < -0.3 is 10.2 Å². The van der Waals surface area contributed by atoms with Crippen molar-refractivity contribution in [3.8, 4) is 0 Å². The van der Waals surface area contributed by atoms with Gasteiger partial charge in [-0.15, -0.1) is 12.4 Å². The van der Waals surface area contributed by atoms with Crippen LogP contribution in [0.5, 0.6) is 0 Å². The summed E-state index contributed by atoms with van der Waals surface area (Å²) in [5.41, 5.74) is 3.18. The number of likely N-dealkylation sites (tertiary alicyclic amines) is 1. The molecule has 0 aliphatic carbocycles. The molecule has 3 rings (SSSR count). The number of hydrogen-bond acceptors (Lipinski definition) is 2. The first-order chi connectivity index (χ1) is 11.3. The molecule has 4 heteroatoms. The van der Waals surface area contributed by atoms with Crippen LogP contribution in [-0.4, -0.2) is 37.0 Å². The summed E-state index contributed by atoms with van der Waals surface area (Å²) in [4.78, 5) is 15.0. The second-order valence-electron chi connectivity index (χ2n) is 6.20. The topological polar surface area (TPSA) is 32.3 Å². The Hall–Kier alpha value is -1.84. The largest absolute Gasteiger partial charge is 0.337 e. The van der Waals surface area contributed by atoms with Gasteiger partial charge >= 0.3 is 0 Å². The standard InChI is InChI=1S/C20H24N2O.ClH/c1-21-18-11-7-13-22(15-18)20(23)19-12-6-5-10-17(19)14-16-8-3-2-4-9-16;/h2-6,8-10,12,18,21H,7,11,13-15H2,1H3;1H. The van der Waals surface area contributed by atoms with Crippen molar-refractivity contribution in [1.82, 2.24) is 10.2 Å². The molecule has 128 valence electrons. The van der Waals surface area contributed by atoms with E-state index in [0.29, 0.717) is 6.04 Å². The van der Waals surface area contributed by atoms with Crippen LogP contribution in [0.1, 0.15) is 34.3 Å². The fourth-order valence-corrected chi connectivity index (χ4v) is 3.27. The van der Waals surface area contributed by atoms with Crippen LogP contribution in [-0.2, 0) is 6.42 Å². The van der Waals surface area contributed by atoms with Crippen molar-refractivity contribution in [2.45, 2.75) is 25.3 Å². The molecule has 1 N–H and O–H groups in total. The number of halogens is 1. The summed E-state index contributed by atoms with van der Waals surface area (Å²) in [5.74, 6) is 0.163. The van der Waals surface area contributed by atoms with E-state index in [1.807, 2.05) is 48.3 Å². The lowest BCUT2D eigenvalue weighted by molar-refractivity contribution is 0.0697. The van der Waals surface area contributed by atoms with Crippen molar-refractivity contribution < 1.29 is 4.79 Å². The number of nitrogens with one attached hydrogen (secondary N) is 1. The summed E-state index contributed by atoms with van der Waals surface area (Å²) >= 11 is 0. The van der Waals surface area contributed by atoms with E-state index in [1.165, 1.54) is 5.56 Å². The summed E-state index contributed by atoms with van der Waals surface area (Å²) in [6.45, 7) is 1.66. The maximum Gasteiger partial charge on any atom is 0.254 e. The van der Waals surface area contributed by atoms with Crippen molar-refractivity contribution in [2.75, 3.05) is 20.1 Å². The highest BCUT2D eigenvalue weighted by atomic mass is 35.5. The summed E-state index contributed by atoms with van der Waals surface area (Å²) in [5, 5.41) is 3.30. The zero-order chi connectivity index (χ0) is 16.1. The van der Waals surface area contributed by atoms with E-state index in [0.717, 1.165) is 43.5 Å². The molecule has 1 aliphatic heterocycles. The summed E-state index contributed by atoms with van der Waals surface area (Å²) in [7, 11) is 1.97. The van der Waals surface area contributed by atoms with Crippen LogP contribution in [0.4, 0.5) is 0 Å². The fraction of sp³-hybridized carbons (Fsp3) is 0.350. The van der Waals surface area contributed by atoms with Gasteiger partial charge in [-0.3, -0.25) is 4.79 Å². The lowest BCUT2D eigenvalue weighted by atomic mass is 9.97. The monoisotopic (exact) mass is 344 g/mol. The van der Waals surface area contributed by atoms with Crippen molar-refractivity contribution in [3.63, 3.8) is 0 Å². The highest BCUT2D eigenvalue weighted by Gasteiger charge is 2.24. The number of carbonyl (C=O) groups is 1. The number of rotatable bonds is 4. The molecule has 2 aromatic carbocycles. The number of benzene rings is 2. The van der Waals surface area contributed by atoms with Crippen molar-refractivity contribution in [3.05, 3.63) is 71.3 Å². The molecule has 3 nitrogen and oxygen atoms in total. The Morgan fingerprint density at radius 1 is 1.12 bits per heavy atom. The van der Waals surface area contributed by atoms with Gasteiger partial charge in [0, 0.05) is 24.7 Å². The Morgan fingerprint density at radius 3 is 2.58 bits per heavy atom. The molecule has 0 spiro atoms. The highest BCUT2D eigenvalue weighted by Crippen LogP contribution is 2.19. The van der Waals surface area contributed by atoms with Gasteiger partial charge in [-0.2, -0.15) is 0 Å². The van der Waals surface area contributed by atoms with E-state index in [4.69, 9.17) is 0 Å². The second kappa shape index (κ2) is 8.86. The number of piperidine rings is 1. The molecule has 0 saturated carbocycles. The van der Waals surface area contributed by atoms with Crippen LogP contribution in [0.15, 0.2) is 54.6 Å². The van der Waals surface area contributed by atoms with Crippen LogP contribution in [0, 0.1) is 0 Å². The molecule has 1 fully saturated rings. The van der Waals surface area contributed by atoms with Gasteiger partial charge in [0.15, 0.2) is 0 Å². The minimum atomic E-state index is 0. The first kappa shape index (κ1) is 18.5. The van der Waals surface area contributed by atoms with Crippen molar-refractivity contribution >= 4 is 18.3 Å². The van der Waals surface area contributed by atoms with E-state index in [9.17, 15) is 4.79 Å². The van der Waals surface area contributed by atoms with Crippen molar-refractivity contribution in [2.24, 2.45) is 0 Å². The number of carbonyl (C=O) groups excluding carboxylic acids is 1. The van der Waals surface area contributed by atoms with Crippen LogP contribution < -0.4 is 5.32 Å². The molecule has 1 amide bonds. The van der Waals surface area contributed by atoms with E-state index in [1.54, 1.807) is 0 Å². The lowest BCUT2D eigenvalue weighted by Gasteiger charge is -2.33. The maximum absolute atomic E-state index is 13.0. The summed E-state index contributed by atoms with van der Waals surface area (Å²) < 4.78 is 0. The van der Waals surface area contributed by atoms with E-state index >= 15 is 0 Å². The third kappa shape index (κ3) is 4.37. The van der Waals surface area contributed by atoms with Crippen LogP contribution in [0.3, 0.4) is 0 Å². The lowest BCUT2D eigenvalue weighted by Crippen LogP contribution is -2.47. The average molecular weight is 345 g/mol. The first-order valence-corrected chi connectivity index (χ1v) is 8.36. The van der Waals surface area contributed by atoms with E-state index in [2.05, 4.69) is 23.5 Å². The van der Waals surface area contributed by atoms with Gasteiger partial charge in [-0.25, -0.2) is 0 Å². The average Bonchev–Trinajstić information content (AvgIpc) is 2.62. The number of likely N-dealkylation sites (N-methyl/N-ethyl adjacent to an activating group) is 1. The van der Waals surface area contributed by atoms with Gasteiger partial charge in [0.05, 0.1) is 0 Å². The van der Waals surface area contributed by atoms with E-state index < -0.39 is 0 Å². The number of amides is 1. The predicted octanol–water partition coefficient (Wildman–Crippen LogP) is 3.52. The SMILES string of the molecule is CNC1CCCN(C(=O)c2ccccc2Cc2ccccc2)C1.Cl. The zero-order valence-corrected chi connectivity index (χ0v) is 14.9. The van der Waals surface area contributed by atoms with Gasteiger partial charge in [-0.05, 0) is 43.5 Å². The Kier molecular flexibility index (Phi) is 6.83. The molecule has 1 heterocycles. The Bertz CT molecular complexity index is 660. The minimum absolute atomic E-state index is 0. The Balaban J connectivity index is 0.00000208. The van der Waals surface area contributed by atoms with E-state index in [-0.39, 0.29) is 18.3 Å². The molecule has 1 saturated heterocycles. The van der Waals surface area contributed by atoms with Gasteiger partial charge in [0.1, 0.15) is 0 Å².